The fourth-order valence-electron chi connectivity index (χ4n) is 3.40. The lowest BCUT2D eigenvalue weighted by molar-refractivity contribution is 0.529. The highest BCUT2D eigenvalue weighted by molar-refractivity contribution is 5.85. The molecule has 0 spiro atoms. The van der Waals surface area contributed by atoms with Crippen molar-refractivity contribution in [1.82, 2.24) is 5.32 Å². The first kappa shape index (κ1) is 16.5. The van der Waals surface area contributed by atoms with E-state index in [2.05, 4.69) is 41.7 Å². The lowest BCUT2D eigenvalue weighted by atomic mass is 9.79. The van der Waals surface area contributed by atoms with Crippen LogP contribution in [0.3, 0.4) is 0 Å². The maximum atomic E-state index is 8.93. The van der Waals surface area contributed by atoms with Gasteiger partial charge in [-0.3, -0.25) is 0 Å². The van der Waals surface area contributed by atoms with E-state index in [4.69, 9.17) is 5.26 Å². The van der Waals surface area contributed by atoms with E-state index < -0.39 is 0 Å². The summed E-state index contributed by atoms with van der Waals surface area (Å²) in [6.07, 6.45) is 3.68. The van der Waals surface area contributed by atoms with Gasteiger partial charge >= 0.3 is 0 Å². The molecule has 0 aliphatic heterocycles. The summed E-state index contributed by atoms with van der Waals surface area (Å²) in [6.45, 7) is 1.05. The number of fused-ring (bicyclic) bond motifs is 1. The molecule has 2 nitrogen and oxygen atoms in total. The highest BCUT2D eigenvalue weighted by atomic mass is 35.5. The van der Waals surface area contributed by atoms with Crippen LogP contribution < -0.4 is 5.32 Å². The Morgan fingerprint density at radius 3 is 2.64 bits per heavy atom. The molecule has 0 bridgehead atoms. The second kappa shape index (κ2) is 7.45. The van der Waals surface area contributed by atoms with Crippen LogP contribution in [-0.4, -0.2) is 13.6 Å². The SMILES string of the molecule is CNCC1CCCc2c(-c3ccc(C#N)cc3)cccc21.Cl. The zero-order valence-electron chi connectivity index (χ0n) is 12.8. The van der Waals surface area contributed by atoms with E-state index in [1.807, 2.05) is 19.2 Å². The van der Waals surface area contributed by atoms with Crippen molar-refractivity contribution in [2.24, 2.45) is 0 Å². The van der Waals surface area contributed by atoms with Gasteiger partial charge in [0.05, 0.1) is 11.6 Å². The Bertz CT molecular complexity index is 671. The summed E-state index contributed by atoms with van der Waals surface area (Å²) in [6, 6.07) is 16.8. The minimum absolute atomic E-state index is 0. The summed E-state index contributed by atoms with van der Waals surface area (Å²) in [7, 11) is 2.03. The Morgan fingerprint density at radius 2 is 1.95 bits per heavy atom. The van der Waals surface area contributed by atoms with Crippen molar-refractivity contribution in [3.63, 3.8) is 0 Å². The van der Waals surface area contributed by atoms with E-state index in [0.717, 1.165) is 18.5 Å². The maximum absolute atomic E-state index is 8.93. The van der Waals surface area contributed by atoms with E-state index in [1.54, 1.807) is 0 Å². The second-order valence-corrected chi connectivity index (χ2v) is 5.71. The summed E-state index contributed by atoms with van der Waals surface area (Å²) in [5.41, 5.74) is 6.26. The van der Waals surface area contributed by atoms with Crippen LogP contribution in [-0.2, 0) is 6.42 Å². The van der Waals surface area contributed by atoms with Gasteiger partial charge in [0, 0.05) is 6.54 Å². The third-order valence-electron chi connectivity index (χ3n) is 4.41. The van der Waals surface area contributed by atoms with Crippen molar-refractivity contribution in [2.45, 2.75) is 25.2 Å². The van der Waals surface area contributed by atoms with Crippen LogP contribution in [0.15, 0.2) is 42.5 Å². The smallest absolute Gasteiger partial charge is 0.0991 e. The molecule has 0 saturated heterocycles. The third-order valence-corrected chi connectivity index (χ3v) is 4.41. The van der Waals surface area contributed by atoms with Crippen molar-refractivity contribution >= 4 is 12.4 Å². The standard InChI is InChI=1S/C19H20N2.ClH/c1-21-13-16-4-2-7-19-17(5-3-6-18(16)19)15-10-8-14(12-20)9-11-15;/h3,5-6,8-11,16,21H,2,4,7,13H2,1H3;1H. The van der Waals surface area contributed by atoms with Crippen molar-refractivity contribution in [2.75, 3.05) is 13.6 Å². The first-order valence-corrected chi connectivity index (χ1v) is 7.60. The average Bonchev–Trinajstić information content (AvgIpc) is 2.55. The summed E-state index contributed by atoms with van der Waals surface area (Å²) < 4.78 is 0. The molecular formula is C19H21ClN2. The van der Waals surface area contributed by atoms with Crippen molar-refractivity contribution < 1.29 is 0 Å². The predicted octanol–water partition coefficient (Wildman–Crippen LogP) is 4.29. The Morgan fingerprint density at radius 1 is 1.18 bits per heavy atom. The molecule has 3 rings (SSSR count). The van der Waals surface area contributed by atoms with E-state index in [9.17, 15) is 0 Å². The van der Waals surface area contributed by atoms with Gasteiger partial charge in [0.1, 0.15) is 0 Å². The number of likely N-dealkylation sites (N-methyl/N-ethyl adjacent to an activating group) is 1. The Hall–Kier alpha value is -1.82. The van der Waals surface area contributed by atoms with Gasteiger partial charge in [0.2, 0.25) is 0 Å². The number of hydrogen-bond donors (Lipinski definition) is 1. The molecule has 0 aromatic heterocycles. The van der Waals surface area contributed by atoms with Crippen LogP contribution >= 0.6 is 12.4 Å². The Labute approximate surface area is 138 Å². The molecular weight excluding hydrogens is 292 g/mol. The lowest BCUT2D eigenvalue weighted by Crippen LogP contribution is -2.21. The predicted molar refractivity (Wildman–Crippen MR) is 93.4 cm³/mol. The largest absolute Gasteiger partial charge is 0.319 e. The summed E-state index contributed by atoms with van der Waals surface area (Å²) in [5.74, 6) is 0.622. The van der Waals surface area contributed by atoms with Crippen molar-refractivity contribution in [1.29, 1.82) is 5.26 Å². The number of nitriles is 1. The Kier molecular flexibility index (Phi) is 5.60. The van der Waals surface area contributed by atoms with E-state index in [1.165, 1.54) is 35.1 Å². The molecule has 22 heavy (non-hydrogen) atoms. The second-order valence-electron chi connectivity index (χ2n) is 5.71. The van der Waals surface area contributed by atoms with Gasteiger partial charge in [-0.05, 0) is 66.6 Å². The summed E-state index contributed by atoms with van der Waals surface area (Å²) in [5, 5.41) is 12.2. The fourth-order valence-corrected chi connectivity index (χ4v) is 3.40. The molecule has 114 valence electrons. The average molecular weight is 313 g/mol. The number of hydrogen-bond acceptors (Lipinski definition) is 2. The van der Waals surface area contributed by atoms with Gasteiger partial charge in [-0.1, -0.05) is 30.3 Å². The van der Waals surface area contributed by atoms with Crippen molar-refractivity contribution in [3.05, 3.63) is 59.2 Å². The van der Waals surface area contributed by atoms with Crippen LogP contribution in [0.5, 0.6) is 0 Å². The maximum Gasteiger partial charge on any atom is 0.0991 e. The normalized spacial score (nSPS) is 16.3. The van der Waals surface area contributed by atoms with Gasteiger partial charge in [-0.15, -0.1) is 12.4 Å². The van der Waals surface area contributed by atoms with E-state index >= 15 is 0 Å². The van der Waals surface area contributed by atoms with Gasteiger partial charge in [0.25, 0.3) is 0 Å². The zero-order valence-corrected chi connectivity index (χ0v) is 13.6. The van der Waals surface area contributed by atoms with Crippen LogP contribution in [0.2, 0.25) is 0 Å². The number of rotatable bonds is 3. The molecule has 1 unspecified atom stereocenters. The Balaban J connectivity index is 0.00000176. The van der Waals surface area contributed by atoms with Crippen LogP contribution in [0.1, 0.15) is 35.4 Å². The minimum Gasteiger partial charge on any atom is -0.319 e. The molecule has 0 amide bonds. The van der Waals surface area contributed by atoms with Gasteiger partial charge in [-0.2, -0.15) is 5.26 Å². The molecule has 0 heterocycles. The third kappa shape index (κ3) is 3.16. The van der Waals surface area contributed by atoms with Crippen molar-refractivity contribution in [3.8, 4) is 17.2 Å². The molecule has 1 N–H and O–H groups in total. The molecule has 2 aromatic carbocycles. The summed E-state index contributed by atoms with van der Waals surface area (Å²) in [4.78, 5) is 0. The van der Waals surface area contributed by atoms with Crippen LogP contribution in [0.4, 0.5) is 0 Å². The highest BCUT2D eigenvalue weighted by Crippen LogP contribution is 2.37. The lowest BCUT2D eigenvalue weighted by Gasteiger charge is -2.27. The molecule has 0 radical (unpaired) electrons. The first-order valence-electron chi connectivity index (χ1n) is 7.60. The summed E-state index contributed by atoms with van der Waals surface area (Å²) >= 11 is 0. The quantitative estimate of drug-likeness (QED) is 0.918. The number of halogens is 1. The van der Waals surface area contributed by atoms with Gasteiger partial charge in [0.15, 0.2) is 0 Å². The molecule has 1 atom stereocenters. The topological polar surface area (TPSA) is 35.8 Å². The monoisotopic (exact) mass is 312 g/mol. The first-order chi connectivity index (χ1) is 10.3. The number of benzene rings is 2. The molecule has 1 aliphatic rings. The zero-order chi connectivity index (χ0) is 14.7. The minimum atomic E-state index is 0. The molecule has 2 aromatic rings. The highest BCUT2D eigenvalue weighted by Gasteiger charge is 2.21. The molecule has 0 fully saturated rings. The van der Waals surface area contributed by atoms with Crippen LogP contribution in [0.25, 0.3) is 11.1 Å². The molecule has 3 heteroatoms. The number of nitrogens with one attached hydrogen (secondary N) is 1. The molecule has 0 saturated carbocycles. The number of nitrogens with zero attached hydrogens (tertiary/aromatic N) is 1. The fraction of sp³-hybridized carbons (Fsp3) is 0.316. The van der Waals surface area contributed by atoms with Crippen LogP contribution in [0, 0.1) is 11.3 Å². The van der Waals surface area contributed by atoms with Gasteiger partial charge < -0.3 is 5.32 Å². The molecule has 1 aliphatic carbocycles. The van der Waals surface area contributed by atoms with E-state index in [0.29, 0.717) is 5.92 Å². The van der Waals surface area contributed by atoms with Gasteiger partial charge in [-0.25, -0.2) is 0 Å². The van der Waals surface area contributed by atoms with E-state index in [-0.39, 0.29) is 12.4 Å².